The van der Waals surface area contributed by atoms with E-state index in [1.54, 1.807) is 0 Å². The van der Waals surface area contributed by atoms with E-state index >= 15 is 0 Å². The quantitative estimate of drug-likeness (QED) is 0.676. The number of aromatic nitrogens is 2. The number of aryl methyl sites for hydroxylation is 1. The third kappa shape index (κ3) is 2.79. The first kappa shape index (κ1) is 16.1. The monoisotopic (exact) mass is 331 g/mol. The fourth-order valence-electron chi connectivity index (χ4n) is 3.82. The molecule has 1 aromatic carbocycles. The van der Waals surface area contributed by atoms with Gasteiger partial charge < -0.3 is 4.57 Å². The van der Waals surface area contributed by atoms with E-state index in [0.717, 1.165) is 13.0 Å². The van der Waals surface area contributed by atoms with E-state index in [9.17, 15) is 0 Å². The van der Waals surface area contributed by atoms with Gasteiger partial charge in [-0.15, -0.1) is 0 Å². The van der Waals surface area contributed by atoms with Crippen molar-refractivity contribution in [3.8, 4) is 0 Å². The average molecular weight is 331 g/mol. The normalized spacial score (nSPS) is 18.6. The Labute approximate surface area is 149 Å². The zero-order chi connectivity index (χ0) is 17.6. The van der Waals surface area contributed by atoms with Crippen LogP contribution in [0.15, 0.2) is 42.7 Å². The van der Waals surface area contributed by atoms with Gasteiger partial charge in [-0.25, -0.2) is 0 Å². The van der Waals surface area contributed by atoms with Crippen LogP contribution in [0.2, 0.25) is 0 Å². The van der Waals surface area contributed by atoms with Gasteiger partial charge in [-0.3, -0.25) is 9.88 Å². The lowest BCUT2D eigenvalue weighted by atomic mass is 9.99. The number of likely N-dealkylation sites (N-methyl/N-ethyl adjacent to an activating group) is 1. The Morgan fingerprint density at radius 2 is 1.96 bits per heavy atom. The van der Waals surface area contributed by atoms with Crippen molar-refractivity contribution in [3.05, 3.63) is 65.1 Å². The molecule has 25 heavy (non-hydrogen) atoms. The molecular weight excluding hydrogens is 306 g/mol. The molecule has 0 bridgehead atoms. The van der Waals surface area contributed by atoms with Crippen LogP contribution < -0.4 is 0 Å². The molecule has 3 heteroatoms. The summed E-state index contributed by atoms with van der Waals surface area (Å²) in [4.78, 5) is 6.59. The maximum Gasteiger partial charge on any atom is 0.0529 e. The molecule has 0 saturated carbocycles. The van der Waals surface area contributed by atoms with Crippen LogP contribution in [0.25, 0.3) is 22.7 Å². The Bertz CT molecular complexity index is 950. The zero-order valence-corrected chi connectivity index (χ0v) is 15.5. The Morgan fingerprint density at radius 1 is 1.20 bits per heavy atom. The standard InChI is InChI=1S/C22H25N3/c1-15-5-6-21-19(11-15)20-14-24(4)17(3)12-22(20)25(21)13-16(2)18-7-9-23-10-8-18/h5-11,13,17H,12,14H2,1-4H3/t17-/m0/s1. The van der Waals surface area contributed by atoms with E-state index < -0.39 is 0 Å². The van der Waals surface area contributed by atoms with Gasteiger partial charge in [-0.2, -0.15) is 0 Å². The summed E-state index contributed by atoms with van der Waals surface area (Å²) in [5.41, 5.74) is 8.06. The topological polar surface area (TPSA) is 21.1 Å². The summed E-state index contributed by atoms with van der Waals surface area (Å²) in [6, 6.07) is 11.5. The maximum absolute atomic E-state index is 4.13. The Hall–Kier alpha value is -2.39. The molecule has 0 radical (unpaired) electrons. The molecule has 0 spiro atoms. The molecule has 0 N–H and O–H groups in total. The first-order valence-electron chi connectivity index (χ1n) is 8.96. The minimum absolute atomic E-state index is 0.561. The predicted octanol–water partition coefficient (Wildman–Crippen LogP) is 4.74. The lowest BCUT2D eigenvalue weighted by Gasteiger charge is -2.30. The molecule has 2 aromatic heterocycles. The van der Waals surface area contributed by atoms with Gasteiger partial charge >= 0.3 is 0 Å². The predicted molar refractivity (Wildman–Crippen MR) is 105 cm³/mol. The van der Waals surface area contributed by atoms with E-state index in [1.165, 1.54) is 38.9 Å². The number of fused-ring (bicyclic) bond motifs is 3. The highest BCUT2D eigenvalue weighted by Gasteiger charge is 2.26. The van der Waals surface area contributed by atoms with Crippen molar-refractivity contribution in [2.75, 3.05) is 7.05 Å². The molecule has 3 nitrogen and oxygen atoms in total. The maximum atomic E-state index is 4.13. The van der Waals surface area contributed by atoms with Gasteiger partial charge in [0, 0.05) is 48.7 Å². The molecule has 3 aromatic rings. The second-order valence-electron chi connectivity index (χ2n) is 7.33. The Kier molecular flexibility index (Phi) is 3.97. The molecule has 4 rings (SSSR count). The molecule has 128 valence electrons. The highest BCUT2D eigenvalue weighted by atomic mass is 15.1. The molecule has 0 fully saturated rings. The van der Waals surface area contributed by atoms with E-state index in [0.29, 0.717) is 6.04 Å². The van der Waals surface area contributed by atoms with Crippen molar-refractivity contribution in [1.29, 1.82) is 0 Å². The fourth-order valence-corrected chi connectivity index (χ4v) is 3.82. The van der Waals surface area contributed by atoms with Gasteiger partial charge in [-0.05, 0) is 68.8 Å². The number of rotatable bonds is 2. The number of allylic oxidation sites excluding steroid dienone is 1. The zero-order valence-electron chi connectivity index (χ0n) is 15.5. The van der Waals surface area contributed by atoms with Crippen molar-refractivity contribution in [2.45, 2.75) is 39.8 Å². The Balaban J connectivity index is 1.93. The smallest absolute Gasteiger partial charge is 0.0529 e. The molecule has 3 heterocycles. The van der Waals surface area contributed by atoms with Crippen LogP contribution in [0, 0.1) is 6.92 Å². The second kappa shape index (κ2) is 6.16. The lowest BCUT2D eigenvalue weighted by Crippen LogP contribution is -2.35. The molecule has 1 atom stereocenters. The first-order chi connectivity index (χ1) is 12.0. The molecule has 1 aliphatic heterocycles. The van der Waals surface area contributed by atoms with Crippen molar-refractivity contribution in [3.63, 3.8) is 0 Å². The molecule has 0 unspecified atom stereocenters. The molecule has 1 aliphatic rings. The average Bonchev–Trinajstić information content (AvgIpc) is 2.89. The van der Waals surface area contributed by atoms with Crippen LogP contribution in [0.4, 0.5) is 0 Å². The van der Waals surface area contributed by atoms with Gasteiger partial charge in [0.15, 0.2) is 0 Å². The van der Waals surface area contributed by atoms with Crippen LogP contribution in [0.1, 0.15) is 36.2 Å². The minimum atomic E-state index is 0.561. The summed E-state index contributed by atoms with van der Waals surface area (Å²) in [6.45, 7) is 7.69. The fraction of sp³-hybridized carbons (Fsp3) is 0.318. The van der Waals surface area contributed by atoms with Crippen molar-refractivity contribution < 1.29 is 0 Å². The minimum Gasteiger partial charge on any atom is -0.320 e. The van der Waals surface area contributed by atoms with Crippen LogP contribution >= 0.6 is 0 Å². The number of hydrogen-bond acceptors (Lipinski definition) is 2. The molecule has 0 aliphatic carbocycles. The van der Waals surface area contributed by atoms with Crippen LogP contribution in [0.5, 0.6) is 0 Å². The molecule has 0 amide bonds. The highest BCUT2D eigenvalue weighted by molar-refractivity contribution is 5.90. The summed E-state index contributed by atoms with van der Waals surface area (Å²) >= 11 is 0. The van der Waals surface area contributed by atoms with Crippen LogP contribution in [-0.2, 0) is 13.0 Å². The number of nitrogens with zero attached hydrogens (tertiary/aromatic N) is 3. The van der Waals surface area contributed by atoms with Crippen molar-refractivity contribution in [2.24, 2.45) is 0 Å². The Morgan fingerprint density at radius 3 is 2.72 bits per heavy atom. The van der Waals surface area contributed by atoms with E-state index in [2.05, 4.69) is 78.8 Å². The third-order valence-electron chi connectivity index (χ3n) is 5.48. The van der Waals surface area contributed by atoms with E-state index in [1.807, 2.05) is 12.4 Å². The summed E-state index contributed by atoms with van der Waals surface area (Å²) in [5, 5.41) is 1.40. The van der Waals surface area contributed by atoms with E-state index in [4.69, 9.17) is 0 Å². The summed E-state index contributed by atoms with van der Waals surface area (Å²) in [7, 11) is 2.23. The number of pyridine rings is 1. The highest BCUT2D eigenvalue weighted by Crippen LogP contribution is 2.34. The van der Waals surface area contributed by atoms with Gasteiger partial charge in [0.25, 0.3) is 0 Å². The summed E-state index contributed by atoms with van der Waals surface area (Å²) in [6.07, 6.45) is 7.09. The van der Waals surface area contributed by atoms with Crippen molar-refractivity contribution >= 4 is 22.7 Å². The van der Waals surface area contributed by atoms with Crippen LogP contribution in [0.3, 0.4) is 0 Å². The second-order valence-corrected chi connectivity index (χ2v) is 7.33. The van der Waals surface area contributed by atoms with Crippen LogP contribution in [-0.4, -0.2) is 27.5 Å². The number of hydrogen-bond donors (Lipinski definition) is 0. The summed E-state index contributed by atoms with van der Waals surface area (Å²) < 4.78 is 2.42. The largest absolute Gasteiger partial charge is 0.320 e. The number of benzene rings is 1. The van der Waals surface area contributed by atoms with E-state index in [-0.39, 0.29) is 0 Å². The van der Waals surface area contributed by atoms with Gasteiger partial charge in [0.1, 0.15) is 0 Å². The molecule has 0 saturated heterocycles. The SMILES string of the molecule is CC(=Cn1c2c(c3cc(C)ccc31)CN(C)[C@@H](C)C2)c1ccncc1. The van der Waals surface area contributed by atoms with Crippen molar-refractivity contribution in [1.82, 2.24) is 14.5 Å². The first-order valence-corrected chi connectivity index (χ1v) is 8.96. The molecular formula is C22H25N3. The summed E-state index contributed by atoms with van der Waals surface area (Å²) in [5.74, 6) is 0. The third-order valence-corrected chi connectivity index (χ3v) is 5.48. The van der Waals surface area contributed by atoms with Gasteiger partial charge in [0.2, 0.25) is 0 Å². The van der Waals surface area contributed by atoms with Gasteiger partial charge in [0.05, 0.1) is 5.52 Å². The van der Waals surface area contributed by atoms with Gasteiger partial charge in [-0.1, -0.05) is 11.6 Å². The lowest BCUT2D eigenvalue weighted by molar-refractivity contribution is 0.230.